The van der Waals surface area contributed by atoms with E-state index in [2.05, 4.69) is 4.98 Å². The van der Waals surface area contributed by atoms with Gasteiger partial charge in [-0.3, -0.25) is 23.9 Å². The second-order valence-electron chi connectivity index (χ2n) is 5.31. The lowest BCUT2D eigenvalue weighted by Gasteiger charge is -2.20. The smallest absolute Gasteiger partial charge is 0.330 e. The minimum absolute atomic E-state index is 0.0132. The SMILES string of the molecule is CC(=O)OC[C@@H]1C[C@@H](OC(C)=O)[C@H](n2cc(C)c(=O)[nH]c2=O)O1. The Hall–Kier alpha value is -2.42. The van der Waals surface area contributed by atoms with Crippen molar-refractivity contribution in [3.63, 3.8) is 0 Å². The number of H-pyrrole nitrogens is 1. The summed E-state index contributed by atoms with van der Waals surface area (Å²) in [4.78, 5) is 47.7. The van der Waals surface area contributed by atoms with Crippen molar-refractivity contribution >= 4 is 11.9 Å². The first-order valence-electron chi connectivity index (χ1n) is 7.06. The van der Waals surface area contributed by atoms with Gasteiger partial charge in [-0.25, -0.2) is 4.79 Å². The molecule has 0 unspecified atom stereocenters. The van der Waals surface area contributed by atoms with Gasteiger partial charge in [-0.1, -0.05) is 0 Å². The molecule has 23 heavy (non-hydrogen) atoms. The van der Waals surface area contributed by atoms with E-state index in [1.165, 1.54) is 20.0 Å². The maximum absolute atomic E-state index is 12.0. The molecule has 0 aromatic carbocycles. The van der Waals surface area contributed by atoms with Crippen LogP contribution in [0, 0.1) is 6.92 Å². The van der Waals surface area contributed by atoms with Gasteiger partial charge < -0.3 is 14.2 Å². The molecule has 0 amide bonds. The fraction of sp³-hybridized carbons (Fsp3) is 0.571. The molecule has 1 aliphatic heterocycles. The largest absolute Gasteiger partial charge is 0.463 e. The summed E-state index contributed by atoms with van der Waals surface area (Å²) in [5.74, 6) is -0.982. The van der Waals surface area contributed by atoms with Gasteiger partial charge >= 0.3 is 17.6 Å². The molecule has 0 radical (unpaired) electrons. The number of nitrogens with one attached hydrogen (secondary N) is 1. The molecule has 126 valence electrons. The van der Waals surface area contributed by atoms with Gasteiger partial charge in [-0.05, 0) is 6.92 Å². The van der Waals surface area contributed by atoms with E-state index in [9.17, 15) is 19.2 Å². The summed E-state index contributed by atoms with van der Waals surface area (Å²) < 4.78 is 16.9. The Morgan fingerprint density at radius 2 is 2.04 bits per heavy atom. The average Bonchev–Trinajstić information content (AvgIpc) is 2.82. The fourth-order valence-corrected chi connectivity index (χ4v) is 2.37. The average molecular weight is 326 g/mol. The van der Waals surface area contributed by atoms with Crippen molar-refractivity contribution < 1.29 is 23.8 Å². The first-order valence-corrected chi connectivity index (χ1v) is 7.06. The number of ether oxygens (including phenoxy) is 3. The number of aromatic nitrogens is 2. The third-order valence-corrected chi connectivity index (χ3v) is 3.35. The van der Waals surface area contributed by atoms with Gasteiger partial charge in [0.15, 0.2) is 6.23 Å². The molecule has 1 aromatic rings. The number of esters is 2. The van der Waals surface area contributed by atoms with E-state index in [0.717, 1.165) is 4.57 Å². The molecule has 1 aliphatic rings. The number of aromatic amines is 1. The lowest BCUT2D eigenvalue weighted by molar-refractivity contribution is -0.153. The van der Waals surface area contributed by atoms with Crippen molar-refractivity contribution in [1.82, 2.24) is 9.55 Å². The highest BCUT2D eigenvalue weighted by molar-refractivity contribution is 5.66. The van der Waals surface area contributed by atoms with Gasteiger partial charge in [0.2, 0.25) is 0 Å². The first kappa shape index (κ1) is 16.9. The van der Waals surface area contributed by atoms with Crippen LogP contribution >= 0.6 is 0 Å². The monoisotopic (exact) mass is 326 g/mol. The summed E-state index contributed by atoms with van der Waals surface area (Å²) in [6, 6.07) is 0. The second-order valence-corrected chi connectivity index (χ2v) is 5.31. The summed E-state index contributed by atoms with van der Waals surface area (Å²) in [5, 5.41) is 0. The normalized spacial score (nSPS) is 23.5. The maximum Gasteiger partial charge on any atom is 0.330 e. The molecule has 2 rings (SSSR count). The minimum atomic E-state index is -0.900. The Morgan fingerprint density at radius 1 is 1.35 bits per heavy atom. The highest BCUT2D eigenvalue weighted by Crippen LogP contribution is 2.30. The quantitative estimate of drug-likeness (QED) is 0.750. The van der Waals surface area contributed by atoms with E-state index in [1.807, 2.05) is 0 Å². The molecule has 9 heteroatoms. The molecular weight excluding hydrogens is 308 g/mol. The van der Waals surface area contributed by atoms with E-state index < -0.39 is 41.6 Å². The van der Waals surface area contributed by atoms with Gasteiger partial charge in [0.1, 0.15) is 12.7 Å². The van der Waals surface area contributed by atoms with Crippen LogP contribution in [-0.2, 0) is 23.8 Å². The second kappa shape index (κ2) is 6.78. The molecule has 0 spiro atoms. The van der Waals surface area contributed by atoms with E-state index in [4.69, 9.17) is 14.2 Å². The van der Waals surface area contributed by atoms with Gasteiger partial charge in [-0.2, -0.15) is 0 Å². The topological polar surface area (TPSA) is 117 Å². The van der Waals surface area contributed by atoms with Crippen LogP contribution in [0.15, 0.2) is 15.8 Å². The van der Waals surface area contributed by atoms with Crippen molar-refractivity contribution in [1.29, 1.82) is 0 Å². The van der Waals surface area contributed by atoms with Crippen molar-refractivity contribution in [3.05, 3.63) is 32.6 Å². The zero-order chi connectivity index (χ0) is 17.1. The third kappa shape index (κ3) is 4.07. The predicted octanol–water partition coefficient (Wildman–Crippen LogP) is -0.373. The molecule has 2 heterocycles. The molecule has 1 saturated heterocycles. The number of carbonyl (C=O) groups excluding carboxylic acids is 2. The zero-order valence-corrected chi connectivity index (χ0v) is 13.0. The van der Waals surface area contributed by atoms with Crippen LogP contribution in [0.2, 0.25) is 0 Å². The number of hydrogen-bond acceptors (Lipinski definition) is 7. The number of nitrogens with zero attached hydrogens (tertiary/aromatic N) is 1. The molecule has 1 aromatic heterocycles. The van der Waals surface area contributed by atoms with E-state index in [-0.39, 0.29) is 13.0 Å². The molecule has 9 nitrogen and oxygen atoms in total. The van der Waals surface area contributed by atoms with Crippen molar-refractivity contribution in [3.8, 4) is 0 Å². The van der Waals surface area contributed by atoms with Gasteiger partial charge in [-0.15, -0.1) is 0 Å². The van der Waals surface area contributed by atoms with Gasteiger partial charge in [0, 0.05) is 32.0 Å². The number of carbonyl (C=O) groups is 2. The summed E-state index contributed by atoms with van der Waals surface area (Å²) in [5.41, 5.74) is -0.848. The standard InChI is InChI=1S/C14H18N2O7/c1-7-5-16(14(20)15-12(7)19)13-11(22-9(3)18)4-10(23-13)6-21-8(2)17/h5,10-11,13H,4,6H2,1-3H3,(H,15,19,20)/t10-,11+,13+/m0/s1. The summed E-state index contributed by atoms with van der Waals surface area (Å²) in [6.45, 7) is 4.05. The number of hydrogen-bond donors (Lipinski definition) is 1. The van der Waals surface area contributed by atoms with Crippen LogP contribution < -0.4 is 11.2 Å². The van der Waals surface area contributed by atoms with Crippen LogP contribution in [0.4, 0.5) is 0 Å². The van der Waals surface area contributed by atoms with Crippen LogP contribution in [0.25, 0.3) is 0 Å². The fourth-order valence-electron chi connectivity index (χ4n) is 2.37. The summed E-state index contributed by atoms with van der Waals surface area (Å²) in [7, 11) is 0. The molecule has 0 saturated carbocycles. The highest BCUT2D eigenvalue weighted by atomic mass is 16.6. The van der Waals surface area contributed by atoms with Gasteiger partial charge in [0.05, 0.1) is 6.10 Å². The minimum Gasteiger partial charge on any atom is -0.463 e. The Kier molecular flexibility index (Phi) is 4.99. The maximum atomic E-state index is 12.0. The van der Waals surface area contributed by atoms with Crippen LogP contribution in [-0.4, -0.2) is 40.3 Å². The lowest BCUT2D eigenvalue weighted by Crippen LogP contribution is -2.37. The first-order chi connectivity index (χ1) is 10.8. The molecular formula is C14H18N2O7. The molecule has 3 atom stereocenters. The van der Waals surface area contributed by atoms with Crippen molar-refractivity contribution in [2.75, 3.05) is 6.61 Å². The lowest BCUT2D eigenvalue weighted by atomic mass is 10.2. The Morgan fingerprint density at radius 3 is 2.65 bits per heavy atom. The van der Waals surface area contributed by atoms with Crippen LogP contribution in [0.5, 0.6) is 0 Å². The molecule has 1 fully saturated rings. The van der Waals surface area contributed by atoms with Crippen LogP contribution in [0.3, 0.4) is 0 Å². The number of rotatable bonds is 4. The molecule has 1 N–H and O–H groups in total. The Bertz CT molecular complexity index is 721. The predicted molar refractivity (Wildman–Crippen MR) is 76.8 cm³/mol. The molecule has 0 bridgehead atoms. The van der Waals surface area contributed by atoms with E-state index >= 15 is 0 Å². The van der Waals surface area contributed by atoms with Crippen molar-refractivity contribution in [2.24, 2.45) is 0 Å². The van der Waals surface area contributed by atoms with E-state index in [1.54, 1.807) is 6.92 Å². The number of aryl methyl sites for hydroxylation is 1. The van der Waals surface area contributed by atoms with Crippen molar-refractivity contribution in [2.45, 2.75) is 45.6 Å². The molecule has 0 aliphatic carbocycles. The zero-order valence-electron chi connectivity index (χ0n) is 13.0. The van der Waals surface area contributed by atoms with E-state index in [0.29, 0.717) is 5.56 Å². The Labute approximate surface area is 131 Å². The Balaban J connectivity index is 2.27. The highest BCUT2D eigenvalue weighted by Gasteiger charge is 2.40. The van der Waals surface area contributed by atoms with Gasteiger partial charge in [0.25, 0.3) is 5.56 Å². The summed E-state index contributed by atoms with van der Waals surface area (Å²) in [6.07, 6.45) is -0.537. The third-order valence-electron chi connectivity index (χ3n) is 3.35. The van der Waals surface area contributed by atoms with Crippen LogP contribution in [0.1, 0.15) is 32.1 Å². The summed E-state index contributed by atoms with van der Waals surface area (Å²) >= 11 is 0.